The SMILES string of the molecule is CNc1cc(NCc2cc(C)c(F)c(C)c2)ncn1. The smallest absolute Gasteiger partial charge is 0.131 e. The van der Waals surface area contributed by atoms with E-state index in [1.807, 2.05) is 18.2 Å². The first-order valence-corrected chi connectivity index (χ1v) is 6.09. The molecular weight excluding hydrogens is 243 g/mol. The Kier molecular flexibility index (Phi) is 3.94. The maximum Gasteiger partial charge on any atom is 0.131 e. The molecule has 0 saturated heterocycles. The van der Waals surface area contributed by atoms with Gasteiger partial charge in [0.15, 0.2) is 0 Å². The summed E-state index contributed by atoms with van der Waals surface area (Å²) in [5.74, 6) is 1.35. The Morgan fingerprint density at radius 2 is 1.68 bits per heavy atom. The van der Waals surface area contributed by atoms with Crippen LogP contribution >= 0.6 is 0 Å². The fourth-order valence-corrected chi connectivity index (χ4v) is 1.92. The van der Waals surface area contributed by atoms with Gasteiger partial charge < -0.3 is 10.6 Å². The number of nitrogens with one attached hydrogen (secondary N) is 2. The lowest BCUT2D eigenvalue weighted by Crippen LogP contribution is -2.04. The fourth-order valence-electron chi connectivity index (χ4n) is 1.92. The van der Waals surface area contributed by atoms with Crippen LogP contribution in [0.25, 0.3) is 0 Å². The zero-order valence-electron chi connectivity index (χ0n) is 11.3. The van der Waals surface area contributed by atoms with E-state index in [2.05, 4.69) is 20.6 Å². The van der Waals surface area contributed by atoms with Crippen molar-refractivity contribution in [2.45, 2.75) is 20.4 Å². The van der Waals surface area contributed by atoms with Gasteiger partial charge in [0.2, 0.25) is 0 Å². The Balaban J connectivity index is 2.10. The van der Waals surface area contributed by atoms with E-state index >= 15 is 0 Å². The van der Waals surface area contributed by atoms with Crippen molar-refractivity contribution in [3.8, 4) is 0 Å². The molecule has 19 heavy (non-hydrogen) atoms. The first kappa shape index (κ1) is 13.3. The van der Waals surface area contributed by atoms with E-state index in [9.17, 15) is 4.39 Å². The molecule has 2 rings (SSSR count). The molecule has 1 aromatic carbocycles. The van der Waals surface area contributed by atoms with Crippen LogP contribution < -0.4 is 10.6 Å². The Morgan fingerprint density at radius 3 is 2.32 bits per heavy atom. The normalized spacial score (nSPS) is 10.3. The van der Waals surface area contributed by atoms with Gasteiger partial charge in [0.25, 0.3) is 0 Å². The number of hydrogen-bond donors (Lipinski definition) is 2. The number of aromatic nitrogens is 2. The number of nitrogens with zero attached hydrogens (tertiary/aromatic N) is 2. The predicted molar refractivity (Wildman–Crippen MR) is 74.8 cm³/mol. The molecule has 0 aliphatic rings. The van der Waals surface area contributed by atoms with Crippen LogP contribution in [0.2, 0.25) is 0 Å². The molecule has 1 aromatic heterocycles. The average Bonchev–Trinajstić information content (AvgIpc) is 2.42. The molecule has 0 aliphatic heterocycles. The van der Waals surface area contributed by atoms with Gasteiger partial charge in [-0.2, -0.15) is 0 Å². The molecule has 2 N–H and O–H groups in total. The van der Waals surface area contributed by atoms with E-state index < -0.39 is 0 Å². The van der Waals surface area contributed by atoms with Crippen molar-refractivity contribution in [3.63, 3.8) is 0 Å². The van der Waals surface area contributed by atoms with E-state index in [1.165, 1.54) is 6.33 Å². The largest absolute Gasteiger partial charge is 0.373 e. The Morgan fingerprint density at radius 1 is 1.05 bits per heavy atom. The summed E-state index contributed by atoms with van der Waals surface area (Å²) in [6.45, 7) is 4.15. The van der Waals surface area contributed by atoms with Crippen molar-refractivity contribution >= 4 is 11.6 Å². The van der Waals surface area contributed by atoms with Crippen molar-refractivity contribution in [2.24, 2.45) is 0 Å². The molecule has 0 amide bonds. The summed E-state index contributed by atoms with van der Waals surface area (Å²) in [5.41, 5.74) is 2.35. The van der Waals surface area contributed by atoms with Crippen LogP contribution in [0.15, 0.2) is 24.5 Å². The van der Waals surface area contributed by atoms with Crippen LogP contribution in [0.4, 0.5) is 16.0 Å². The van der Waals surface area contributed by atoms with Gasteiger partial charge >= 0.3 is 0 Å². The van der Waals surface area contributed by atoms with E-state index in [0.29, 0.717) is 17.7 Å². The first-order chi connectivity index (χ1) is 9.10. The molecule has 0 unspecified atom stereocenters. The number of rotatable bonds is 4. The van der Waals surface area contributed by atoms with Gasteiger partial charge in [0.1, 0.15) is 23.8 Å². The second-order valence-electron chi connectivity index (χ2n) is 4.44. The third kappa shape index (κ3) is 3.19. The topological polar surface area (TPSA) is 49.8 Å². The molecule has 0 atom stereocenters. The molecule has 4 nitrogen and oxygen atoms in total. The minimum Gasteiger partial charge on any atom is -0.373 e. The molecule has 1 heterocycles. The highest BCUT2D eigenvalue weighted by Gasteiger charge is 2.04. The lowest BCUT2D eigenvalue weighted by molar-refractivity contribution is 0.608. The van der Waals surface area contributed by atoms with Crippen molar-refractivity contribution in [1.29, 1.82) is 0 Å². The molecule has 0 radical (unpaired) electrons. The van der Waals surface area contributed by atoms with E-state index in [-0.39, 0.29) is 5.82 Å². The average molecular weight is 260 g/mol. The summed E-state index contributed by atoms with van der Waals surface area (Å²) >= 11 is 0. The van der Waals surface area contributed by atoms with Crippen LogP contribution in [0.1, 0.15) is 16.7 Å². The lowest BCUT2D eigenvalue weighted by atomic mass is 10.1. The van der Waals surface area contributed by atoms with Gasteiger partial charge in [-0.05, 0) is 30.5 Å². The molecule has 2 aromatic rings. The molecule has 0 bridgehead atoms. The predicted octanol–water partition coefficient (Wildman–Crippen LogP) is 2.89. The summed E-state index contributed by atoms with van der Waals surface area (Å²) in [4.78, 5) is 8.17. The third-order valence-electron chi connectivity index (χ3n) is 2.89. The number of anilines is 2. The fraction of sp³-hybridized carbons (Fsp3) is 0.286. The Labute approximate surface area is 112 Å². The zero-order chi connectivity index (χ0) is 13.8. The van der Waals surface area contributed by atoms with Gasteiger partial charge in [-0.25, -0.2) is 14.4 Å². The van der Waals surface area contributed by atoms with Gasteiger partial charge in [-0.15, -0.1) is 0 Å². The Hall–Kier alpha value is -2.17. The third-order valence-corrected chi connectivity index (χ3v) is 2.89. The summed E-state index contributed by atoms with van der Waals surface area (Å²) in [7, 11) is 1.80. The molecule has 5 heteroatoms. The van der Waals surface area contributed by atoms with Crippen molar-refractivity contribution in [3.05, 3.63) is 47.0 Å². The van der Waals surface area contributed by atoms with E-state index in [1.54, 1.807) is 20.9 Å². The molecule has 0 fully saturated rings. The molecule has 0 aliphatic carbocycles. The minimum absolute atomic E-state index is 0.136. The summed E-state index contributed by atoms with van der Waals surface area (Å²) in [6, 6.07) is 5.51. The van der Waals surface area contributed by atoms with Crippen LogP contribution in [0.5, 0.6) is 0 Å². The van der Waals surface area contributed by atoms with Crippen LogP contribution in [-0.4, -0.2) is 17.0 Å². The van der Waals surface area contributed by atoms with E-state index in [0.717, 1.165) is 17.2 Å². The van der Waals surface area contributed by atoms with Crippen LogP contribution in [-0.2, 0) is 6.54 Å². The Bertz CT molecular complexity index is 560. The number of benzene rings is 1. The van der Waals surface area contributed by atoms with Crippen LogP contribution in [0, 0.1) is 19.7 Å². The van der Waals surface area contributed by atoms with Crippen molar-refractivity contribution in [1.82, 2.24) is 9.97 Å². The lowest BCUT2D eigenvalue weighted by Gasteiger charge is -2.09. The maximum absolute atomic E-state index is 13.5. The van der Waals surface area contributed by atoms with Crippen molar-refractivity contribution < 1.29 is 4.39 Å². The maximum atomic E-state index is 13.5. The van der Waals surface area contributed by atoms with Gasteiger partial charge in [0, 0.05) is 19.7 Å². The highest BCUT2D eigenvalue weighted by molar-refractivity contribution is 5.46. The van der Waals surface area contributed by atoms with Gasteiger partial charge in [-0.1, -0.05) is 12.1 Å². The van der Waals surface area contributed by atoms with Gasteiger partial charge in [0.05, 0.1) is 0 Å². The van der Waals surface area contributed by atoms with Crippen LogP contribution in [0.3, 0.4) is 0 Å². The highest BCUT2D eigenvalue weighted by Crippen LogP contribution is 2.16. The standard InChI is InChI=1S/C14H17FN4/c1-9-4-11(5-10(2)14(9)15)7-17-13-6-12(16-3)18-8-19-13/h4-6,8H,7H2,1-3H3,(H2,16,17,18,19). The summed E-state index contributed by atoms with van der Waals surface area (Å²) in [6.07, 6.45) is 1.50. The monoisotopic (exact) mass is 260 g/mol. The quantitative estimate of drug-likeness (QED) is 0.887. The second kappa shape index (κ2) is 5.65. The molecule has 100 valence electrons. The zero-order valence-corrected chi connectivity index (χ0v) is 11.3. The highest BCUT2D eigenvalue weighted by atomic mass is 19.1. The summed E-state index contributed by atoms with van der Waals surface area (Å²) in [5, 5.41) is 6.15. The van der Waals surface area contributed by atoms with E-state index in [4.69, 9.17) is 0 Å². The minimum atomic E-state index is -0.136. The first-order valence-electron chi connectivity index (χ1n) is 6.09. The molecular formula is C14H17FN4. The summed E-state index contributed by atoms with van der Waals surface area (Å²) < 4.78 is 13.5. The number of halogens is 1. The molecule has 0 spiro atoms. The van der Waals surface area contributed by atoms with Gasteiger partial charge in [-0.3, -0.25) is 0 Å². The number of aryl methyl sites for hydroxylation is 2. The molecule has 0 saturated carbocycles. The second-order valence-corrected chi connectivity index (χ2v) is 4.44. The number of hydrogen-bond acceptors (Lipinski definition) is 4. The van der Waals surface area contributed by atoms with Crippen molar-refractivity contribution in [2.75, 3.05) is 17.7 Å².